The number of hydrogen-bond donors (Lipinski definition) is 0. The lowest BCUT2D eigenvalue weighted by Gasteiger charge is -2.07. The first kappa shape index (κ1) is 14.7. The van der Waals surface area contributed by atoms with Gasteiger partial charge in [0.1, 0.15) is 0 Å². The van der Waals surface area contributed by atoms with E-state index in [1.165, 1.54) is 12.8 Å². The molecule has 0 radical (unpaired) electrons. The predicted octanol–water partition coefficient (Wildman–Crippen LogP) is 4.10. The molecule has 96 valence electrons. The Labute approximate surface area is 113 Å². The lowest BCUT2D eigenvalue weighted by atomic mass is 10.4. The van der Waals surface area contributed by atoms with Gasteiger partial charge >= 0.3 is 0 Å². The molecule has 0 atom stereocenters. The van der Waals surface area contributed by atoms with Gasteiger partial charge in [0, 0.05) is 23.6 Å². The molecule has 0 N–H and O–H groups in total. The summed E-state index contributed by atoms with van der Waals surface area (Å²) in [5.41, 5.74) is 0. The summed E-state index contributed by atoms with van der Waals surface area (Å²) in [6.07, 6.45) is 4.68. The van der Waals surface area contributed by atoms with Crippen molar-refractivity contribution in [2.75, 3.05) is 11.5 Å². The van der Waals surface area contributed by atoms with Crippen molar-refractivity contribution in [1.82, 2.24) is 0 Å². The van der Waals surface area contributed by atoms with E-state index in [9.17, 15) is 5.21 Å². The first-order chi connectivity index (χ1) is 8.29. The van der Waals surface area contributed by atoms with Crippen molar-refractivity contribution in [2.45, 2.75) is 49.6 Å². The van der Waals surface area contributed by atoms with Crippen LogP contribution in [0.15, 0.2) is 28.3 Å². The fraction of sp³-hybridized carbons (Fsp3) is 0.615. The third-order valence-corrected chi connectivity index (χ3v) is 4.55. The second-order valence-corrected chi connectivity index (χ2v) is 6.13. The Balaban J connectivity index is 2.56. The van der Waals surface area contributed by atoms with Crippen LogP contribution < -0.4 is 4.73 Å². The van der Waals surface area contributed by atoms with Crippen molar-refractivity contribution in [3.05, 3.63) is 23.4 Å². The van der Waals surface area contributed by atoms with Crippen LogP contribution in [-0.4, -0.2) is 11.5 Å². The van der Waals surface area contributed by atoms with Crippen LogP contribution in [0.1, 0.15) is 39.5 Å². The first-order valence-corrected chi connectivity index (χ1v) is 8.24. The van der Waals surface area contributed by atoms with Crippen LogP contribution in [0.5, 0.6) is 0 Å². The van der Waals surface area contributed by atoms with Gasteiger partial charge in [0.15, 0.2) is 0 Å². The third kappa shape index (κ3) is 5.21. The van der Waals surface area contributed by atoms with Crippen molar-refractivity contribution in [1.29, 1.82) is 0 Å². The summed E-state index contributed by atoms with van der Waals surface area (Å²) in [4.78, 5) is 0. The van der Waals surface area contributed by atoms with Crippen molar-refractivity contribution in [2.24, 2.45) is 0 Å². The van der Waals surface area contributed by atoms with Crippen LogP contribution in [0.4, 0.5) is 0 Å². The lowest BCUT2D eigenvalue weighted by Crippen LogP contribution is -2.31. The fourth-order valence-electron chi connectivity index (χ4n) is 1.31. The van der Waals surface area contributed by atoms with E-state index in [4.69, 9.17) is 0 Å². The van der Waals surface area contributed by atoms with E-state index in [1.54, 1.807) is 23.5 Å². The maximum Gasteiger partial charge on any atom is 0.252 e. The van der Waals surface area contributed by atoms with Gasteiger partial charge in [-0.1, -0.05) is 50.2 Å². The molecule has 0 aliphatic carbocycles. The van der Waals surface area contributed by atoms with Gasteiger partial charge in [-0.25, -0.2) is 0 Å². The highest BCUT2D eigenvalue weighted by atomic mass is 32.2. The van der Waals surface area contributed by atoms with Crippen molar-refractivity contribution < 1.29 is 4.73 Å². The van der Waals surface area contributed by atoms with Gasteiger partial charge in [0.05, 0.1) is 0 Å². The Bertz CT molecular complexity index is 303. The van der Waals surface area contributed by atoms with Crippen molar-refractivity contribution >= 4 is 23.5 Å². The maximum absolute atomic E-state index is 12.0. The quantitative estimate of drug-likeness (QED) is 0.308. The van der Waals surface area contributed by atoms with Crippen molar-refractivity contribution in [3.8, 4) is 0 Å². The molecule has 2 nitrogen and oxygen atoms in total. The highest BCUT2D eigenvalue weighted by Gasteiger charge is 2.11. The van der Waals surface area contributed by atoms with E-state index in [1.807, 2.05) is 18.2 Å². The van der Waals surface area contributed by atoms with Crippen LogP contribution in [0, 0.1) is 5.21 Å². The van der Waals surface area contributed by atoms with Crippen LogP contribution >= 0.6 is 23.5 Å². The summed E-state index contributed by atoms with van der Waals surface area (Å²) >= 11 is 3.32. The van der Waals surface area contributed by atoms with Gasteiger partial charge in [-0.2, -0.15) is 4.73 Å². The Morgan fingerprint density at radius 2 is 1.47 bits per heavy atom. The molecule has 1 heterocycles. The number of unbranched alkanes of at least 4 members (excludes halogenated alkanes) is 2. The Morgan fingerprint density at radius 1 is 1.00 bits per heavy atom. The number of hydrogen-bond acceptors (Lipinski definition) is 3. The largest absolute Gasteiger partial charge is 0.617 e. The molecular weight excluding hydrogens is 250 g/mol. The molecule has 17 heavy (non-hydrogen) atoms. The van der Waals surface area contributed by atoms with Crippen LogP contribution in [0.2, 0.25) is 0 Å². The Kier molecular flexibility index (Phi) is 7.53. The van der Waals surface area contributed by atoms with E-state index in [2.05, 4.69) is 13.8 Å². The summed E-state index contributed by atoms with van der Waals surface area (Å²) in [5.74, 6) is 2.06. The molecule has 0 aliphatic heterocycles. The molecule has 0 amide bonds. The monoisotopic (exact) mass is 271 g/mol. The molecule has 0 saturated carbocycles. The van der Waals surface area contributed by atoms with E-state index in [0.29, 0.717) is 0 Å². The summed E-state index contributed by atoms with van der Waals surface area (Å²) in [5, 5.41) is 13.7. The van der Waals surface area contributed by atoms with E-state index < -0.39 is 0 Å². The molecule has 0 aromatic carbocycles. The first-order valence-electron chi connectivity index (χ1n) is 6.27. The number of aromatic nitrogens is 1. The summed E-state index contributed by atoms with van der Waals surface area (Å²) in [7, 11) is 0. The number of rotatable bonds is 8. The minimum atomic E-state index is 0.833. The maximum atomic E-state index is 12.0. The number of thioether (sulfide) groups is 2. The van der Waals surface area contributed by atoms with Crippen LogP contribution in [-0.2, 0) is 0 Å². The molecular formula is C13H21NOS2. The molecule has 1 rings (SSSR count). The predicted molar refractivity (Wildman–Crippen MR) is 76.7 cm³/mol. The van der Waals surface area contributed by atoms with Gasteiger partial charge < -0.3 is 5.21 Å². The zero-order valence-corrected chi connectivity index (χ0v) is 12.3. The van der Waals surface area contributed by atoms with Gasteiger partial charge in [0.25, 0.3) is 10.1 Å². The minimum Gasteiger partial charge on any atom is -0.617 e. The second-order valence-electron chi connectivity index (χ2n) is 3.90. The number of nitrogens with zero attached hydrogens (tertiary/aromatic N) is 1. The SMILES string of the molecule is CCCCSc1cccc(SCCCC)[n+]1[O-]. The topological polar surface area (TPSA) is 26.9 Å². The van der Waals surface area contributed by atoms with Gasteiger partial charge in [-0.15, -0.1) is 0 Å². The van der Waals surface area contributed by atoms with E-state index in [0.717, 1.165) is 39.1 Å². The number of pyridine rings is 1. The second kappa shape index (κ2) is 8.70. The zero-order chi connectivity index (χ0) is 12.5. The lowest BCUT2D eigenvalue weighted by molar-refractivity contribution is -0.683. The molecule has 0 fully saturated rings. The van der Waals surface area contributed by atoms with Crippen LogP contribution in [0.3, 0.4) is 0 Å². The molecule has 0 bridgehead atoms. The molecule has 0 unspecified atom stereocenters. The zero-order valence-electron chi connectivity index (χ0n) is 10.6. The molecule has 1 aromatic rings. The van der Waals surface area contributed by atoms with Gasteiger partial charge in [0.2, 0.25) is 0 Å². The summed E-state index contributed by atoms with van der Waals surface area (Å²) < 4.78 is 1.08. The molecule has 0 aliphatic rings. The minimum absolute atomic E-state index is 0.833. The van der Waals surface area contributed by atoms with Gasteiger partial charge in [-0.05, 0) is 18.9 Å². The normalized spacial score (nSPS) is 10.7. The molecule has 1 aromatic heterocycles. The Morgan fingerprint density at radius 3 is 1.88 bits per heavy atom. The molecule has 0 saturated heterocycles. The highest BCUT2D eigenvalue weighted by molar-refractivity contribution is 7.99. The average molecular weight is 271 g/mol. The highest BCUT2D eigenvalue weighted by Crippen LogP contribution is 2.20. The van der Waals surface area contributed by atoms with E-state index >= 15 is 0 Å². The third-order valence-electron chi connectivity index (χ3n) is 2.37. The van der Waals surface area contributed by atoms with Crippen LogP contribution in [0.25, 0.3) is 0 Å². The van der Waals surface area contributed by atoms with Crippen molar-refractivity contribution in [3.63, 3.8) is 0 Å². The average Bonchev–Trinajstić information content (AvgIpc) is 2.34. The summed E-state index contributed by atoms with van der Waals surface area (Å²) in [6.45, 7) is 4.34. The Hall–Kier alpha value is -0.350. The van der Waals surface area contributed by atoms with Gasteiger partial charge in [-0.3, -0.25) is 0 Å². The summed E-state index contributed by atoms with van der Waals surface area (Å²) in [6, 6.07) is 5.81. The molecule has 0 spiro atoms. The molecule has 4 heteroatoms. The fourth-order valence-corrected chi connectivity index (χ4v) is 3.44. The van der Waals surface area contributed by atoms with E-state index in [-0.39, 0.29) is 0 Å². The standard InChI is InChI=1S/C13H21NOS2/c1-3-5-10-16-12-8-7-9-13(14(12)15)17-11-6-4-2/h7-9H,3-6,10-11H2,1-2H3. The smallest absolute Gasteiger partial charge is 0.252 e.